The summed E-state index contributed by atoms with van der Waals surface area (Å²) < 4.78 is 10.6. The molecule has 0 amide bonds. The van der Waals surface area contributed by atoms with E-state index in [-0.39, 0.29) is 5.60 Å². The van der Waals surface area contributed by atoms with E-state index >= 15 is 0 Å². The minimum absolute atomic E-state index is 0.156. The van der Waals surface area contributed by atoms with E-state index in [1.165, 1.54) is 0 Å². The first-order chi connectivity index (χ1) is 7.59. The third-order valence-electron chi connectivity index (χ3n) is 2.41. The molecule has 1 aliphatic heterocycles. The van der Waals surface area contributed by atoms with Crippen LogP contribution in [0, 0.1) is 0 Å². The Morgan fingerprint density at radius 2 is 2.38 bits per heavy atom. The Kier molecular flexibility index (Phi) is 4.98. The average molecular weight is 230 g/mol. The summed E-state index contributed by atoms with van der Waals surface area (Å²) in [7, 11) is 1.66. The van der Waals surface area contributed by atoms with Crippen LogP contribution in [0.15, 0.2) is 4.99 Å². The van der Waals surface area contributed by atoms with Crippen molar-refractivity contribution >= 4 is 5.96 Å². The topological polar surface area (TPSA) is 72.1 Å². The van der Waals surface area contributed by atoms with E-state index in [1.807, 2.05) is 0 Å². The molecule has 0 aromatic heterocycles. The van der Waals surface area contributed by atoms with Crippen LogP contribution in [-0.4, -0.2) is 56.4 Å². The number of nitrogens with zero attached hydrogens (tertiary/aromatic N) is 2. The van der Waals surface area contributed by atoms with Crippen LogP contribution in [0.4, 0.5) is 0 Å². The number of guanidine groups is 1. The molecule has 0 atom stereocenters. The van der Waals surface area contributed by atoms with Gasteiger partial charge in [-0.05, 0) is 13.8 Å². The highest BCUT2D eigenvalue weighted by molar-refractivity contribution is 5.79. The molecule has 6 nitrogen and oxygen atoms in total. The van der Waals surface area contributed by atoms with Crippen molar-refractivity contribution in [2.75, 3.05) is 40.0 Å². The number of morpholine rings is 1. The number of ether oxygens (including phenoxy) is 2. The first kappa shape index (κ1) is 13.2. The molecule has 3 N–H and O–H groups in total. The molecule has 94 valence electrons. The summed E-state index contributed by atoms with van der Waals surface area (Å²) in [5.74, 6) is 6.17. The van der Waals surface area contributed by atoms with Crippen LogP contribution in [0.2, 0.25) is 0 Å². The molecule has 1 fully saturated rings. The molecule has 1 rings (SSSR count). The van der Waals surface area contributed by atoms with Crippen molar-refractivity contribution in [2.45, 2.75) is 19.4 Å². The van der Waals surface area contributed by atoms with Crippen molar-refractivity contribution < 1.29 is 9.47 Å². The molecule has 0 radical (unpaired) electrons. The van der Waals surface area contributed by atoms with Crippen molar-refractivity contribution in [2.24, 2.45) is 10.8 Å². The third kappa shape index (κ3) is 3.96. The minimum atomic E-state index is -0.156. The smallest absolute Gasteiger partial charge is 0.208 e. The van der Waals surface area contributed by atoms with E-state index in [0.717, 1.165) is 13.1 Å². The van der Waals surface area contributed by atoms with Gasteiger partial charge in [0.05, 0.1) is 25.4 Å². The number of hydrazine groups is 1. The minimum Gasteiger partial charge on any atom is -0.383 e. The van der Waals surface area contributed by atoms with Crippen molar-refractivity contribution in [3.63, 3.8) is 0 Å². The van der Waals surface area contributed by atoms with Crippen LogP contribution < -0.4 is 11.3 Å². The predicted octanol–water partition coefficient (Wildman–Crippen LogP) is -0.437. The lowest BCUT2D eigenvalue weighted by Gasteiger charge is -2.39. The zero-order chi connectivity index (χ0) is 12.0. The van der Waals surface area contributed by atoms with Crippen molar-refractivity contribution in [1.82, 2.24) is 10.3 Å². The van der Waals surface area contributed by atoms with Crippen LogP contribution in [0.1, 0.15) is 13.8 Å². The van der Waals surface area contributed by atoms with E-state index in [2.05, 4.69) is 29.2 Å². The van der Waals surface area contributed by atoms with Gasteiger partial charge in [-0.15, -0.1) is 0 Å². The highest BCUT2D eigenvalue weighted by atomic mass is 16.5. The summed E-state index contributed by atoms with van der Waals surface area (Å²) >= 11 is 0. The van der Waals surface area contributed by atoms with Gasteiger partial charge >= 0.3 is 0 Å². The monoisotopic (exact) mass is 230 g/mol. The zero-order valence-electron chi connectivity index (χ0n) is 10.3. The Balaban J connectivity index is 2.55. The molecule has 1 aliphatic rings. The summed E-state index contributed by atoms with van der Waals surface area (Å²) in [6.45, 7) is 7.60. The molecule has 1 saturated heterocycles. The van der Waals surface area contributed by atoms with Gasteiger partial charge in [0.25, 0.3) is 0 Å². The Morgan fingerprint density at radius 3 is 2.94 bits per heavy atom. The fourth-order valence-corrected chi connectivity index (χ4v) is 1.68. The fraction of sp³-hybridized carbons (Fsp3) is 0.900. The fourth-order valence-electron chi connectivity index (χ4n) is 1.68. The number of rotatable bonds is 3. The van der Waals surface area contributed by atoms with Gasteiger partial charge in [0.2, 0.25) is 5.96 Å². The number of methoxy groups -OCH3 is 1. The molecule has 1 heterocycles. The van der Waals surface area contributed by atoms with Crippen LogP contribution in [0.3, 0.4) is 0 Å². The maximum Gasteiger partial charge on any atom is 0.208 e. The van der Waals surface area contributed by atoms with Gasteiger partial charge < -0.3 is 14.4 Å². The lowest BCUT2D eigenvalue weighted by molar-refractivity contribution is -0.0685. The Hall–Kier alpha value is -0.850. The molecule has 16 heavy (non-hydrogen) atoms. The number of aliphatic imine (C=N–C) groups is 1. The van der Waals surface area contributed by atoms with E-state index in [9.17, 15) is 0 Å². The van der Waals surface area contributed by atoms with Gasteiger partial charge in [-0.1, -0.05) is 0 Å². The van der Waals surface area contributed by atoms with E-state index in [4.69, 9.17) is 15.3 Å². The van der Waals surface area contributed by atoms with Crippen molar-refractivity contribution in [3.8, 4) is 0 Å². The van der Waals surface area contributed by atoms with E-state index < -0.39 is 0 Å². The van der Waals surface area contributed by atoms with Crippen LogP contribution in [-0.2, 0) is 9.47 Å². The second-order valence-electron chi connectivity index (χ2n) is 4.37. The second-order valence-corrected chi connectivity index (χ2v) is 4.37. The average Bonchev–Trinajstić information content (AvgIpc) is 2.23. The lowest BCUT2D eigenvalue weighted by Crippen LogP contribution is -2.55. The first-order valence-corrected chi connectivity index (χ1v) is 5.48. The van der Waals surface area contributed by atoms with Gasteiger partial charge in [-0.2, -0.15) is 0 Å². The summed E-state index contributed by atoms with van der Waals surface area (Å²) in [4.78, 5) is 6.44. The van der Waals surface area contributed by atoms with Crippen LogP contribution in [0.5, 0.6) is 0 Å². The standard InChI is InChI=1S/C10H22N4O2/c1-10(2)8-14(5-7-16-10)9(13-11)12-4-6-15-3/h4-8,11H2,1-3H3,(H,12,13). The molecular formula is C10H22N4O2. The largest absolute Gasteiger partial charge is 0.383 e. The summed E-state index contributed by atoms with van der Waals surface area (Å²) in [6.07, 6.45) is 0. The number of hydrogen-bond acceptors (Lipinski definition) is 4. The second kappa shape index (κ2) is 6.03. The quantitative estimate of drug-likeness (QED) is 0.226. The lowest BCUT2D eigenvalue weighted by atomic mass is 10.1. The molecule has 6 heteroatoms. The summed E-state index contributed by atoms with van der Waals surface area (Å²) in [6, 6.07) is 0. The number of nitrogens with one attached hydrogen (secondary N) is 1. The SMILES string of the molecule is COCCN=C(NN)N1CCOC(C)(C)C1. The normalized spacial score (nSPS) is 21.0. The molecule has 0 aromatic rings. The van der Waals surface area contributed by atoms with E-state index in [0.29, 0.717) is 25.7 Å². The first-order valence-electron chi connectivity index (χ1n) is 5.48. The number of nitrogens with two attached hydrogens (primary N) is 1. The van der Waals surface area contributed by atoms with Crippen LogP contribution in [0.25, 0.3) is 0 Å². The van der Waals surface area contributed by atoms with Crippen LogP contribution >= 0.6 is 0 Å². The zero-order valence-corrected chi connectivity index (χ0v) is 10.3. The van der Waals surface area contributed by atoms with Gasteiger partial charge in [0, 0.05) is 20.2 Å². The number of hydrogen-bond donors (Lipinski definition) is 2. The molecule has 0 aliphatic carbocycles. The van der Waals surface area contributed by atoms with Gasteiger partial charge in [-0.25, -0.2) is 10.8 Å². The van der Waals surface area contributed by atoms with E-state index in [1.54, 1.807) is 7.11 Å². The molecule has 0 spiro atoms. The molecule has 0 unspecified atom stereocenters. The molecule has 0 bridgehead atoms. The molecule has 0 saturated carbocycles. The maximum absolute atomic E-state index is 5.63. The summed E-state index contributed by atoms with van der Waals surface area (Å²) in [5, 5.41) is 0. The maximum atomic E-state index is 5.63. The molecular weight excluding hydrogens is 208 g/mol. The third-order valence-corrected chi connectivity index (χ3v) is 2.41. The predicted molar refractivity (Wildman–Crippen MR) is 63.1 cm³/mol. The van der Waals surface area contributed by atoms with Crippen molar-refractivity contribution in [1.29, 1.82) is 0 Å². The Bertz CT molecular complexity index is 243. The van der Waals surface area contributed by atoms with Gasteiger partial charge in [0.15, 0.2) is 0 Å². The molecule has 0 aromatic carbocycles. The van der Waals surface area contributed by atoms with Gasteiger partial charge in [-0.3, -0.25) is 5.43 Å². The highest BCUT2D eigenvalue weighted by Gasteiger charge is 2.28. The Morgan fingerprint density at radius 1 is 1.62 bits per heavy atom. The highest BCUT2D eigenvalue weighted by Crippen LogP contribution is 2.16. The Labute approximate surface area is 96.8 Å². The summed E-state index contributed by atoms with van der Waals surface area (Å²) in [5.41, 5.74) is 2.48. The van der Waals surface area contributed by atoms with Crippen molar-refractivity contribution in [3.05, 3.63) is 0 Å². The van der Waals surface area contributed by atoms with Gasteiger partial charge in [0.1, 0.15) is 0 Å².